The molecule has 11 heavy (non-hydrogen) atoms. The molecule has 0 heterocycles. The molecular weight excluding hydrogens is 147 g/mol. The number of benzene rings is 1. The van der Waals surface area contributed by atoms with Crippen molar-refractivity contribution in [1.82, 2.24) is 5.65 Å². The highest BCUT2D eigenvalue weighted by atomic mass is 19.2. The van der Waals surface area contributed by atoms with Crippen LogP contribution in [0.15, 0.2) is 24.3 Å². The number of methoxy groups -OCH3 is 1. The molecule has 0 saturated heterocycles. The molecule has 2 N–H and O–H groups in total. The van der Waals surface area contributed by atoms with Crippen LogP contribution in [0.25, 0.3) is 0 Å². The quantitative estimate of drug-likeness (QED) is 0.514. The lowest BCUT2D eigenvalue weighted by atomic mass is 10.3. The van der Waals surface area contributed by atoms with E-state index in [1.807, 2.05) is 6.07 Å². The molecule has 0 amide bonds. The van der Waals surface area contributed by atoms with Crippen molar-refractivity contribution < 1.29 is 9.22 Å². The average Bonchev–Trinajstić information content (AvgIpc) is 2.06. The maximum atomic E-state index is 11.6. The lowest BCUT2D eigenvalue weighted by molar-refractivity contribution is 0.370. The molecule has 1 rings (SSSR count). The maximum Gasteiger partial charge on any atom is 0.143 e. The fourth-order valence-corrected chi connectivity index (χ4v) is 0.799. The summed E-state index contributed by atoms with van der Waals surface area (Å²) in [6.45, 7) is 0. The molecule has 0 aliphatic heterocycles. The molecular formula is C7H9FN2O. The van der Waals surface area contributed by atoms with Crippen LogP contribution in [-0.4, -0.2) is 7.11 Å². The molecule has 0 fully saturated rings. The first-order valence-corrected chi connectivity index (χ1v) is 3.13. The zero-order valence-electron chi connectivity index (χ0n) is 6.10. The number of halogens is 1. The van der Waals surface area contributed by atoms with E-state index < -0.39 is 0 Å². The van der Waals surface area contributed by atoms with Crippen molar-refractivity contribution in [2.75, 3.05) is 12.5 Å². The van der Waals surface area contributed by atoms with E-state index in [9.17, 15) is 4.48 Å². The summed E-state index contributed by atoms with van der Waals surface area (Å²) >= 11 is 0. The lowest BCUT2D eigenvalue weighted by Crippen LogP contribution is -2.10. The predicted molar refractivity (Wildman–Crippen MR) is 40.9 cm³/mol. The molecule has 0 aliphatic carbocycles. The zero-order valence-corrected chi connectivity index (χ0v) is 6.10. The number of nitrogens with one attached hydrogen (secondary N) is 2. The van der Waals surface area contributed by atoms with E-state index in [4.69, 9.17) is 4.74 Å². The molecule has 60 valence electrons. The molecule has 0 spiro atoms. The van der Waals surface area contributed by atoms with Gasteiger partial charge in [-0.15, -0.1) is 4.48 Å². The van der Waals surface area contributed by atoms with Crippen molar-refractivity contribution in [3.63, 3.8) is 0 Å². The molecule has 1 aromatic carbocycles. The summed E-state index contributed by atoms with van der Waals surface area (Å²) in [6, 6.07) is 7.02. The normalized spacial score (nSPS) is 9.27. The van der Waals surface area contributed by atoms with Crippen molar-refractivity contribution in [3.05, 3.63) is 24.3 Å². The monoisotopic (exact) mass is 156 g/mol. The Balaban J connectivity index is 2.83. The van der Waals surface area contributed by atoms with Gasteiger partial charge in [0, 0.05) is 0 Å². The van der Waals surface area contributed by atoms with Gasteiger partial charge in [-0.1, -0.05) is 17.8 Å². The van der Waals surface area contributed by atoms with Gasteiger partial charge in [0.05, 0.1) is 12.8 Å². The van der Waals surface area contributed by atoms with Crippen LogP contribution in [0.5, 0.6) is 5.75 Å². The number of hydrogen-bond donors (Lipinski definition) is 2. The fourth-order valence-electron chi connectivity index (χ4n) is 0.799. The van der Waals surface area contributed by atoms with Gasteiger partial charge in [-0.3, -0.25) is 5.43 Å². The van der Waals surface area contributed by atoms with Gasteiger partial charge in [-0.25, -0.2) is 0 Å². The van der Waals surface area contributed by atoms with Crippen LogP contribution in [0.4, 0.5) is 10.2 Å². The van der Waals surface area contributed by atoms with E-state index in [-0.39, 0.29) is 0 Å². The number of para-hydroxylation sites is 2. The Morgan fingerprint density at radius 1 is 1.36 bits per heavy atom. The molecule has 0 saturated carbocycles. The summed E-state index contributed by atoms with van der Waals surface area (Å²) < 4.78 is 16.5. The van der Waals surface area contributed by atoms with E-state index in [1.54, 1.807) is 18.2 Å². The van der Waals surface area contributed by atoms with Crippen LogP contribution >= 0.6 is 0 Å². The van der Waals surface area contributed by atoms with Gasteiger partial charge in [0.25, 0.3) is 0 Å². The van der Waals surface area contributed by atoms with Gasteiger partial charge in [0.2, 0.25) is 0 Å². The first-order valence-electron chi connectivity index (χ1n) is 3.13. The van der Waals surface area contributed by atoms with E-state index in [1.165, 1.54) is 12.8 Å². The fraction of sp³-hybridized carbons (Fsp3) is 0.143. The number of ether oxygens (including phenoxy) is 1. The van der Waals surface area contributed by atoms with Crippen molar-refractivity contribution in [3.8, 4) is 5.75 Å². The molecule has 4 heteroatoms. The molecule has 0 atom stereocenters. The third kappa shape index (κ3) is 1.81. The standard InChI is InChI=1S/C7H9FN2O/c1-11-7-5-3-2-4-6(7)9-10-8/h2-5,9-10H,1H3. The number of hydrogen-bond acceptors (Lipinski definition) is 3. The first kappa shape index (κ1) is 7.81. The second-order valence-corrected chi connectivity index (χ2v) is 1.92. The van der Waals surface area contributed by atoms with E-state index in [0.717, 1.165) is 0 Å². The Labute approximate surface area is 64.1 Å². The van der Waals surface area contributed by atoms with Gasteiger partial charge < -0.3 is 4.74 Å². The second-order valence-electron chi connectivity index (χ2n) is 1.92. The Bertz CT molecular complexity index is 229. The lowest BCUT2D eigenvalue weighted by Gasteiger charge is -2.06. The maximum absolute atomic E-state index is 11.6. The molecule has 0 aromatic heterocycles. The summed E-state index contributed by atoms with van der Waals surface area (Å²) in [7, 11) is 1.53. The summed E-state index contributed by atoms with van der Waals surface area (Å²) in [4.78, 5) is 0. The summed E-state index contributed by atoms with van der Waals surface area (Å²) in [5.41, 5.74) is 4.18. The van der Waals surface area contributed by atoms with Gasteiger partial charge >= 0.3 is 0 Å². The van der Waals surface area contributed by atoms with Crippen LogP contribution in [0.1, 0.15) is 0 Å². The van der Waals surface area contributed by atoms with Crippen LogP contribution in [0.2, 0.25) is 0 Å². The van der Waals surface area contributed by atoms with Crippen molar-refractivity contribution in [1.29, 1.82) is 0 Å². The summed E-state index contributed by atoms with van der Waals surface area (Å²) in [6.07, 6.45) is 0. The highest BCUT2D eigenvalue weighted by Crippen LogP contribution is 2.21. The smallest absolute Gasteiger partial charge is 0.143 e. The van der Waals surface area contributed by atoms with Crippen LogP contribution < -0.4 is 15.8 Å². The third-order valence-corrected chi connectivity index (χ3v) is 1.29. The Kier molecular flexibility index (Phi) is 2.68. The predicted octanol–water partition coefficient (Wildman–Crippen LogP) is 1.50. The topological polar surface area (TPSA) is 33.3 Å². The highest BCUT2D eigenvalue weighted by Gasteiger charge is 1.97. The molecule has 0 aliphatic rings. The van der Waals surface area contributed by atoms with Gasteiger partial charge in [-0.05, 0) is 12.1 Å². The largest absolute Gasteiger partial charge is 0.495 e. The Morgan fingerprint density at radius 3 is 2.73 bits per heavy atom. The number of anilines is 1. The van der Waals surface area contributed by atoms with Gasteiger partial charge in [0.15, 0.2) is 0 Å². The molecule has 3 nitrogen and oxygen atoms in total. The van der Waals surface area contributed by atoms with Crippen LogP contribution in [0.3, 0.4) is 0 Å². The van der Waals surface area contributed by atoms with Gasteiger partial charge in [-0.2, -0.15) is 0 Å². The Morgan fingerprint density at radius 2 is 2.09 bits per heavy atom. The molecule has 0 radical (unpaired) electrons. The number of rotatable bonds is 3. The summed E-state index contributed by atoms with van der Waals surface area (Å²) in [5, 5.41) is 0. The highest BCUT2D eigenvalue weighted by molar-refractivity contribution is 5.55. The average molecular weight is 156 g/mol. The van der Waals surface area contributed by atoms with E-state index in [2.05, 4.69) is 5.43 Å². The van der Waals surface area contributed by atoms with Crippen molar-refractivity contribution >= 4 is 5.69 Å². The minimum atomic E-state index is 0.567. The van der Waals surface area contributed by atoms with Crippen molar-refractivity contribution in [2.24, 2.45) is 0 Å². The zero-order chi connectivity index (χ0) is 8.10. The summed E-state index contributed by atoms with van der Waals surface area (Å²) in [5.74, 6) is 0.595. The number of hydrazine groups is 1. The minimum Gasteiger partial charge on any atom is -0.495 e. The molecule has 1 aromatic rings. The SMILES string of the molecule is COc1ccccc1NNF. The second kappa shape index (κ2) is 3.78. The van der Waals surface area contributed by atoms with Crippen LogP contribution in [0, 0.1) is 0 Å². The third-order valence-electron chi connectivity index (χ3n) is 1.29. The minimum absolute atomic E-state index is 0.567. The van der Waals surface area contributed by atoms with E-state index in [0.29, 0.717) is 11.4 Å². The van der Waals surface area contributed by atoms with Gasteiger partial charge in [0.1, 0.15) is 5.75 Å². The molecule has 0 unspecified atom stereocenters. The molecule has 0 bridgehead atoms. The van der Waals surface area contributed by atoms with Crippen LogP contribution in [-0.2, 0) is 0 Å². The first-order chi connectivity index (χ1) is 5.38. The van der Waals surface area contributed by atoms with Crippen molar-refractivity contribution in [2.45, 2.75) is 0 Å². The Hall–Kier alpha value is -1.29. The van der Waals surface area contributed by atoms with E-state index >= 15 is 0 Å².